The van der Waals surface area contributed by atoms with Gasteiger partial charge in [0.05, 0.1) is 31.0 Å². The molecule has 154 valence electrons. The molecule has 0 unspecified atom stereocenters. The summed E-state index contributed by atoms with van der Waals surface area (Å²) in [5.74, 6) is 0.0329. The first kappa shape index (κ1) is 21.3. The molecular weight excluding hydrogens is 430 g/mol. The number of carbonyl (C=O) groups is 1. The highest BCUT2D eigenvalue weighted by Crippen LogP contribution is 2.28. The zero-order valence-corrected chi connectivity index (χ0v) is 17.2. The van der Waals surface area contributed by atoms with E-state index in [1.165, 1.54) is 42.4 Å². The lowest BCUT2D eigenvalue weighted by Crippen LogP contribution is -2.18. The minimum atomic E-state index is -4.15. The van der Waals surface area contributed by atoms with E-state index >= 15 is 0 Å². The first-order chi connectivity index (χ1) is 14.2. The lowest BCUT2D eigenvalue weighted by molar-refractivity contribution is -0.115. The minimum Gasteiger partial charge on any atom is -0.496 e. The molecule has 0 fully saturated rings. The van der Waals surface area contributed by atoms with E-state index < -0.39 is 15.9 Å². The maximum atomic E-state index is 12.5. The summed E-state index contributed by atoms with van der Waals surface area (Å²) in [5.41, 5.74) is 1.11. The maximum Gasteiger partial charge on any atom is 0.240 e. The van der Waals surface area contributed by atoms with Gasteiger partial charge in [0.25, 0.3) is 0 Å². The number of primary sulfonamides is 1. The van der Waals surface area contributed by atoms with Gasteiger partial charge in [0.2, 0.25) is 15.9 Å². The Balaban J connectivity index is 1.91. The Bertz CT molecular complexity index is 1260. The van der Waals surface area contributed by atoms with Crippen molar-refractivity contribution in [2.45, 2.75) is 11.3 Å². The Morgan fingerprint density at radius 1 is 1.37 bits per heavy atom. The van der Waals surface area contributed by atoms with Crippen LogP contribution in [0.15, 0.2) is 53.7 Å². The third-order valence-corrected chi connectivity index (χ3v) is 5.44. The van der Waals surface area contributed by atoms with E-state index in [4.69, 9.17) is 26.7 Å². The van der Waals surface area contributed by atoms with E-state index in [-0.39, 0.29) is 28.3 Å². The van der Waals surface area contributed by atoms with Gasteiger partial charge in [-0.05, 0) is 30.3 Å². The van der Waals surface area contributed by atoms with Crippen molar-refractivity contribution >= 4 is 33.2 Å². The van der Waals surface area contributed by atoms with Gasteiger partial charge in [-0.25, -0.2) is 18.2 Å². The van der Waals surface area contributed by atoms with Crippen LogP contribution in [-0.4, -0.2) is 31.2 Å². The summed E-state index contributed by atoms with van der Waals surface area (Å²) in [6.07, 6.45) is 2.57. The van der Waals surface area contributed by atoms with Gasteiger partial charge in [-0.2, -0.15) is 10.4 Å². The molecule has 3 rings (SSSR count). The molecule has 1 aromatic heterocycles. The fourth-order valence-electron chi connectivity index (χ4n) is 2.79. The topological polar surface area (TPSA) is 140 Å². The SMILES string of the molecule is COc1cccc(Cl)c1CC(=O)Nc1ccc(-n2cc(C#N)cn2)c(S(N)(=O)=O)c1. The smallest absolute Gasteiger partial charge is 0.240 e. The molecule has 3 N–H and O–H groups in total. The van der Waals surface area contributed by atoms with Crippen molar-refractivity contribution in [2.24, 2.45) is 5.14 Å². The molecule has 0 saturated heterocycles. The zero-order valence-electron chi connectivity index (χ0n) is 15.7. The van der Waals surface area contributed by atoms with Crippen LogP contribution in [0.1, 0.15) is 11.1 Å². The minimum absolute atomic E-state index is 0.0833. The highest BCUT2D eigenvalue weighted by molar-refractivity contribution is 7.89. The molecule has 0 atom stereocenters. The van der Waals surface area contributed by atoms with E-state index in [9.17, 15) is 13.2 Å². The summed E-state index contributed by atoms with van der Waals surface area (Å²) in [6.45, 7) is 0. The van der Waals surface area contributed by atoms with E-state index in [1.807, 2.05) is 6.07 Å². The fourth-order valence-corrected chi connectivity index (χ4v) is 3.77. The number of ether oxygens (including phenoxy) is 1. The van der Waals surface area contributed by atoms with Crippen molar-refractivity contribution < 1.29 is 17.9 Å². The van der Waals surface area contributed by atoms with E-state index in [0.717, 1.165) is 0 Å². The molecule has 3 aromatic rings. The van der Waals surface area contributed by atoms with Crippen molar-refractivity contribution in [1.29, 1.82) is 5.26 Å². The Labute approximate surface area is 177 Å². The highest BCUT2D eigenvalue weighted by atomic mass is 35.5. The number of hydrogen-bond donors (Lipinski definition) is 2. The summed E-state index contributed by atoms with van der Waals surface area (Å²) in [7, 11) is -2.68. The van der Waals surface area contributed by atoms with Gasteiger partial charge in [0, 0.05) is 22.5 Å². The number of carbonyl (C=O) groups excluding carboxylic acids is 1. The van der Waals surface area contributed by atoms with Crippen LogP contribution in [-0.2, 0) is 21.2 Å². The summed E-state index contributed by atoms with van der Waals surface area (Å²) in [5, 5.41) is 21.2. The quantitative estimate of drug-likeness (QED) is 0.596. The molecule has 1 heterocycles. The number of nitrogens with two attached hydrogens (primary N) is 1. The number of rotatable bonds is 6. The van der Waals surface area contributed by atoms with Gasteiger partial charge < -0.3 is 10.1 Å². The second-order valence-corrected chi connectivity index (χ2v) is 8.10. The van der Waals surface area contributed by atoms with Gasteiger partial charge in [0.1, 0.15) is 16.7 Å². The predicted octanol–water partition coefficient (Wildman–Crippen LogP) is 2.23. The molecular formula is C19H16ClN5O4S. The maximum absolute atomic E-state index is 12.5. The molecule has 0 aliphatic rings. The molecule has 9 nitrogen and oxygen atoms in total. The van der Waals surface area contributed by atoms with Crippen LogP contribution in [0.2, 0.25) is 5.02 Å². The third kappa shape index (κ3) is 4.60. The molecule has 0 radical (unpaired) electrons. The molecule has 0 aliphatic heterocycles. The largest absolute Gasteiger partial charge is 0.496 e. The summed E-state index contributed by atoms with van der Waals surface area (Å²) < 4.78 is 30.6. The summed E-state index contributed by atoms with van der Waals surface area (Å²) in [6, 6.07) is 11.1. The number of aromatic nitrogens is 2. The molecule has 30 heavy (non-hydrogen) atoms. The number of benzene rings is 2. The first-order valence-electron chi connectivity index (χ1n) is 8.46. The van der Waals surface area contributed by atoms with Crippen LogP contribution in [0.3, 0.4) is 0 Å². The number of sulfonamides is 1. The molecule has 2 aromatic carbocycles. The Kier molecular flexibility index (Phi) is 6.07. The van der Waals surface area contributed by atoms with E-state index in [2.05, 4.69) is 10.4 Å². The van der Waals surface area contributed by atoms with Crippen molar-refractivity contribution in [1.82, 2.24) is 9.78 Å². The molecule has 11 heteroatoms. The van der Waals surface area contributed by atoms with Crippen LogP contribution in [0.4, 0.5) is 5.69 Å². The fraction of sp³-hybridized carbons (Fsp3) is 0.105. The van der Waals surface area contributed by atoms with Gasteiger partial charge in [0.15, 0.2) is 0 Å². The standard InChI is InChI=1S/C19H16ClN5O4S/c1-29-17-4-2-3-15(20)14(17)8-19(26)24-13-5-6-16(18(7-13)30(22,27)28)25-11-12(9-21)10-23-25/h2-7,10-11H,8H2,1H3,(H,24,26)(H2,22,27,28). The normalized spacial score (nSPS) is 11.0. The Morgan fingerprint density at radius 3 is 2.77 bits per heavy atom. The van der Waals surface area contributed by atoms with Gasteiger partial charge in [-0.15, -0.1) is 0 Å². The zero-order chi connectivity index (χ0) is 21.9. The second kappa shape index (κ2) is 8.54. The number of hydrogen-bond acceptors (Lipinski definition) is 6. The molecule has 1 amide bonds. The van der Waals surface area contributed by atoms with E-state index in [1.54, 1.807) is 18.2 Å². The summed E-state index contributed by atoms with van der Waals surface area (Å²) in [4.78, 5) is 12.2. The van der Waals surface area contributed by atoms with Gasteiger partial charge in [-0.3, -0.25) is 4.79 Å². The molecule has 0 spiro atoms. The Morgan fingerprint density at radius 2 is 2.13 bits per heavy atom. The number of nitriles is 1. The number of nitrogens with one attached hydrogen (secondary N) is 1. The third-order valence-electron chi connectivity index (χ3n) is 4.14. The van der Waals surface area contributed by atoms with Crippen LogP contribution in [0.5, 0.6) is 5.75 Å². The average molecular weight is 446 g/mol. The number of halogens is 1. The number of amides is 1. The van der Waals surface area contributed by atoms with Crippen LogP contribution in [0.25, 0.3) is 5.69 Å². The van der Waals surface area contributed by atoms with E-state index in [0.29, 0.717) is 16.3 Å². The predicted molar refractivity (Wildman–Crippen MR) is 110 cm³/mol. The van der Waals surface area contributed by atoms with Gasteiger partial charge in [-0.1, -0.05) is 17.7 Å². The average Bonchev–Trinajstić information content (AvgIpc) is 3.18. The molecule has 0 saturated carbocycles. The molecule has 0 aliphatic carbocycles. The number of methoxy groups -OCH3 is 1. The van der Waals surface area contributed by atoms with Gasteiger partial charge >= 0.3 is 0 Å². The van der Waals surface area contributed by atoms with Crippen molar-refractivity contribution in [2.75, 3.05) is 12.4 Å². The van der Waals surface area contributed by atoms with Crippen molar-refractivity contribution in [3.05, 3.63) is 64.9 Å². The molecule has 0 bridgehead atoms. The highest BCUT2D eigenvalue weighted by Gasteiger charge is 2.19. The van der Waals surface area contributed by atoms with Crippen LogP contribution in [0, 0.1) is 11.3 Å². The lowest BCUT2D eigenvalue weighted by Gasteiger charge is -2.13. The van der Waals surface area contributed by atoms with Crippen molar-refractivity contribution in [3.63, 3.8) is 0 Å². The second-order valence-electron chi connectivity index (χ2n) is 6.16. The Hall–Kier alpha value is -3.39. The van der Waals surface area contributed by atoms with Crippen LogP contribution < -0.4 is 15.2 Å². The first-order valence-corrected chi connectivity index (χ1v) is 10.4. The number of anilines is 1. The van der Waals surface area contributed by atoms with Crippen LogP contribution >= 0.6 is 11.6 Å². The lowest BCUT2D eigenvalue weighted by atomic mass is 10.1. The monoisotopic (exact) mass is 445 g/mol. The van der Waals surface area contributed by atoms with Crippen molar-refractivity contribution in [3.8, 4) is 17.5 Å². The summed E-state index contributed by atoms with van der Waals surface area (Å²) >= 11 is 6.15. The number of nitrogens with zero attached hydrogens (tertiary/aromatic N) is 3.